The molecule has 0 aliphatic carbocycles. The Morgan fingerprint density at radius 1 is 1.30 bits per heavy atom. The van der Waals surface area contributed by atoms with Gasteiger partial charge < -0.3 is 15.3 Å². The Balaban J connectivity index is 2.10. The number of hydrogen-bond donors (Lipinski definition) is 2. The summed E-state index contributed by atoms with van der Waals surface area (Å²) < 4.78 is 0. The summed E-state index contributed by atoms with van der Waals surface area (Å²) >= 11 is 0. The van der Waals surface area contributed by atoms with Gasteiger partial charge in [-0.25, -0.2) is 0 Å². The molecule has 0 aromatic heterocycles. The van der Waals surface area contributed by atoms with Crippen molar-refractivity contribution in [1.29, 1.82) is 0 Å². The van der Waals surface area contributed by atoms with Gasteiger partial charge in [-0.3, -0.25) is 9.59 Å². The molecule has 2 saturated heterocycles. The number of amides is 1. The number of carbonyl (C=O) groups excluding carboxylic acids is 1. The zero-order chi connectivity index (χ0) is 14.8. The first-order chi connectivity index (χ1) is 9.50. The minimum atomic E-state index is -0.775. The lowest BCUT2D eigenvalue weighted by molar-refractivity contribution is -0.145. The molecule has 0 aromatic rings. The fraction of sp³-hybridized carbons (Fsp3) is 0.867. The van der Waals surface area contributed by atoms with Gasteiger partial charge in [0.2, 0.25) is 5.91 Å². The molecule has 2 fully saturated rings. The van der Waals surface area contributed by atoms with E-state index >= 15 is 0 Å². The third kappa shape index (κ3) is 2.82. The Bertz CT molecular complexity index is 372. The minimum Gasteiger partial charge on any atom is -0.481 e. The number of nitrogens with zero attached hydrogens (tertiary/aromatic N) is 1. The van der Waals surface area contributed by atoms with Crippen LogP contribution in [0.2, 0.25) is 0 Å². The Morgan fingerprint density at radius 2 is 1.95 bits per heavy atom. The molecule has 5 nitrogen and oxygen atoms in total. The van der Waals surface area contributed by atoms with Crippen LogP contribution in [0.1, 0.15) is 39.5 Å². The predicted octanol–water partition coefficient (Wildman–Crippen LogP) is 1.34. The van der Waals surface area contributed by atoms with Gasteiger partial charge in [-0.05, 0) is 38.3 Å². The molecule has 2 atom stereocenters. The van der Waals surface area contributed by atoms with Gasteiger partial charge in [0, 0.05) is 13.1 Å². The minimum absolute atomic E-state index is 0.0526. The van der Waals surface area contributed by atoms with Gasteiger partial charge in [0.25, 0.3) is 0 Å². The molecule has 0 radical (unpaired) electrons. The predicted molar refractivity (Wildman–Crippen MR) is 76.3 cm³/mol. The third-order valence-corrected chi connectivity index (χ3v) is 4.96. The normalized spacial score (nSPS) is 29.4. The van der Waals surface area contributed by atoms with Crippen LogP contribution in [0.15, 0.2) is 0 Å². The first kappa shape index (κ1) is 15.3. The van der Waals surface area contributed by atoms with Crippen LogP contribution >= 0.6 is 0 Å². The summed E-state index contributed by atoms with van der Waals surface area (Å²) in [5.41, 5.74) is -0.257. The van der Waals surface area contributed by atoms with Crippen molar-refractivity contribution < 1.29 is 14.7 Å². The maximum absolute atomic E-state index is 12.9. The number of nitrogens with one attached hydrogen (secondary N) is 1. The second-order valence-corrected chi connectivity index (χ2v) is 6.41. The van der Waals surface area contributed by atoms with Crippen LogP contribution in [-0.4, -0.2) is 48.1 Å². The van der Waals surface area contributed by atoms with Crippen LogP contribution in [0.25, 0.3) is 0 Å². The van der Waals surface area contributed by atoms with Crippen molar-refractivity contribution in [1.82, 2.24) is 10.2 Å². The van der Waals surface area contributed by atoms with Crippen molar-refractivity contribution in [3.63, 3.8) is 0 Å². The molecule has 2 aliphatic rings. The van der Waals surface area contributed by atoms with Crippen molar-refractivity contribution in [2.24, 2.45) is 17.3 Å². The van der Waals surface area contributed by atoms with Crippen LogP contribution in [0.3, 0.4) is 0 Å². The molecule has 0 saturated carbocycles. The zero-order valence-electron chi connectivity index (χ0n) is 12.5. The highest BCUT2D eigenvalue weighted by Crippen LogP contribution is 2.38. The molecular formula is C15H26N2O3. The van der Waals surface area contributed by atoms with Crippen molar-refractivity contribution in [3.8, 4) is 0 Å². The van der Waals surface area contributed by atoms with Crippen molar-refractivity contribution >= 4 is 11.9 Å². The van der Waals surface area contributed by atoms with Gasteiger partial charge in [0.15, 0.2) is 0 Å². The number of aliphatic carboxylic acids is 1. The molecule has 2 N–H and O–H groups in total. The number of piperidine rings is 1. The number of carbonyl (C=O) groups is 2. The van der Waals surface area contributed by atoms with E-state index in [-0.39, 0.29) is 17.2 Å². The number of likely N-dealkylation sites (tertiary alicyclic amines) is 1. The van der Waals surface area contributed by atoms with E-state index in [1.807, 2.05) is 11.8 Å². The standard InChI is InChI=1S/C15H26N2O3/c1-3-4-15(5-7-16-8-6-15)14(20)17-9-11(2)12(10-17)13(18)19/h11-12,16H,3-10H2,1-2H3,(H,18,19)/t11-,12-/m1/s1. The summed E-state index contributed by atoms with van der Waals surface area (Å²) in [6.07, 6.45) is 3.66. The Kier molecular flexibility index (Phi) is 4.68. The quantitative estimate of drug-likeness (QED) is 0.816. The summed E-state index contributed by atoms with van der Waals surface area (Å²) in [7, 11) is 0. The molecule has 2 rings (SSSR count). The lowest BCUT2D eigenvalue weighted by Gasteiger charge is -2.39. The van der Waals surface area contributed by atoms with E-state index in [0.717, 1.165) is 38.8 Å². The van der Waals surface area contributed by atoms with E-state index in [4.69, 9.17) is 0 Å². The van der Waals surface area contributed by atoms with Crippen molar-refractivity contribution in [2.45, 2.75) is 39.5 Å². The summed E-state index contributed by atoms with van der Waals surface area (Å²) in [6.45, 7) is 6.79. The highest BCUT2D eigenvalue weighted by molar-refractivity contribution is 5.84. The first-order valence-corrected chi connectivity index (χ1v) is 7.73. The molecular weight excluding hydrogens is 256 g/mol. The summed E-state index contributed by atoms with van der Waals surface area (Å²) in [6, 6.07) is 0. The van der Waals surface area contributed by atoms with E-state index < -0.39 is 11.9 Å². The maximum atomic E-state index is 12.9. The fourth-order valence-electron chi connectivity index (χ4n) is 3.74. The van der Waals surface area contributed by atoms with E-state index in [1.54, 1.807) is 0 Å². The van der Waals surface area contributed by atoms with Gasteiger partial charge in [0.05, 0.1) is 11.3 Å². The lowest BCUT2D eigenvalue weighted by atomic mass is 9.74. The molecule has 0 unspecified atom stereocenters. The van der Waals surface area contributed by atoms with Crippen LogP contribution in [0.5, 0.6) is 0 Å². The molecule has 20 heavy (non-hydrogen) atoms. The van der Waals surface area contributed by atoms with Gasteiger partial charge >= 0.3 is 5.97 Å². The molecule has 2 heterocycles. The second kappa shape index (κ2) is 6.12. The molecule has 1 amide bonds. The molecule has 0 aromatic carbocycles. The third-order valence-electron chi connectivity index (χ3n) is 4.96. The number of rotatable bonds is 4. The maximum Gasteiger partial charge on any atom is 0.308 e. The van der Waals surface area contributed by atoms with Crippen LogP contribution in [0.4, 0.5) is 0 Å². The first-order valence-electron chi connectivity index (χ1n) is 7.73. The Labute approximate surface area is 120 Å². The fourth-order valence-corrected chi connectivity index (χ4v) is 3.74. The largest absolute Gasteiger partial charge is 0.481 e. The highest BCUT2D eigenvalue weighted by atomic mass is 16.4. The number of carboxylic acid groups (broad SMARTS) is 1. The van der Waals surface area contributed by atoms with Crippen LogP contribution < -0.4 is 5.32 Å². The molecule has 5 heteroatoms. The molecule has 0 bridgehead atoms. The molecule has 114 valence electrons. The summed E-state index contributed by atoms with van der Waals surface area (Å²) in [4.78, 5) is 26.0. The Morgan fingerprint density at radius 3 is 2.45 bits per heavy atom. The summed E-state index contributed by atoms with van der Waals surface area (Å²) in [5, 5.41) is 12.5. The second-order valence-electron chi connectivity index (χ2n) is 6.41. The van der Waals surface area contributed by atoms with Crippen LogP contribution in [-0.2, 0) is 9.59 Å². The van der Waals surface area contributed by atoms with E-state index in [9.17, 15) is 14.7 Å². The van der Waals surface area contributed by atoms with Crippen LogP contribution in [0, 0.1) is 17.3 Å². The number of hydrogen-bond acceptors (Lipinski definition) is 3. The summed E-state index contributed by atoms with van der Waals surface area (Å²) in [5.74, 6) is -0.935. The monoisotopic (exact) mass is 282 g/mol. The van der Waals surface area contributed by atoms with Gasteiger partial charge in [-0.1, -0.05) is 20.3 Å². The molecule has 2 aliphatic heterocycles. The average molecular weight is 282 g/mol. The van der Waals surface area contributed by atoms with Crippen molar-refractivity contribution in [3.05, 3.63) is 0 Å². The van der Waals surface area contributed by atoms with E-state index in [1.165, 1.54) is 0 Å². The van der Waals surface area contributed by atoms with Crippen molar-refractivity contribution in [2.75, 3.05) is 26.2 Å². The SMILES string of the molecule is CCCC1(C(=O)N2C[C@@H](C)[C@H](C(=O)O)C2)CCNCC1. The smallest absolute Gasteiger partial charge is 0.308 e. The molecule has 0 spiro atoms. The lowest BCUT2D eigenvalue weighted by Crippen LogP contribution is -2.48. The van der Waals surface area contributed by atoms with Gasteiger partial charge in [-0.2, -0.15) is 0 Å². The number of carboxylic acids is 1. The Hall–Kier alpha value is -1.10. The zero-order valence-corrected chi connectivity index (χ0v) is 12.5. The highest BCUT2D eigenvalue weighted by Gasteiger charge is 2.45. The van der Waals surface area contributed by atoms with Gasteiger partial charge in [-0.15, -0.1) is 0 Å². The topological polar surface area (TPSA) is 69.6 Å². The van der Waals surface area contributed by atoms with E-state index in [2.05, 4.69) is 12.2 Å². The average Bonchev–Trinajstić information content (AvgIpc) is 2.81. The van der Waals surface area contributed by atoms with E-state index in [0.29, 0.717) is 13.1 Å². The van der Waals surface area contributed by atoms with Gasteiger partial charge in [0.1, 0.15) is 0 Å².